The third-order valence-electron chi connectivity index (χ3n) is 6.09. The van der Waals surface area contributed by atoms with Crippen molar-refractivity contribution in [1.82, 2.24) is 9.97 Å². The zero-order chi connectivity index (χ0) is 27.7. The van der Waals surface area contributed by atoms with Gasteiger partial charge in [0.1, 0.15) is 23.4 Å². The first-order valence-corrected chi connectivity index (χ1v) is 13.3. The molecule has 1 aromatic heterocycles. The number of sulfonamides is 1. The Morgan fingerprint density at radius 1 is 0.821 bits per heavy atom. The zero-order valence-corrected chi connectivity index (χ0v) is 21.3. The highest BCUT2D eigenvalue weighted by Crippen LogP contribution is 2.28. The van der Waals surface area contributed by atoms with Crippen molar-refractivity contribution >= 4 is 38.3 Å². The minimum absolute atomic E-state index is 0.0490. The highest BCUT2D eigenvalue weighted by atomic mass is 32.2. The number of rotatable bonds is 8. The highest BCUT2D eigenvalue weighted by molar-refractivity contribution is 7.92. The number of nitrogens with one attached hydrogen (secondary N) is 2. The molecule has 196 valence electrons. The summed E-state index contributed by atoms with van der Waals surface area (Å²) in [6.07, 6.45) is 0. The molecule has 0 spiro atoms. The third-order valence-corrected chi connectivity index (χ3v) is 7.48. The molecule has 0 aliphatic heterocycles. The minimum Gasteiger partial charge on any atom is -0.341 e. The van der Waals surface area contributed by atoms with Crippen LogP contribution in [0.1, 0.15) is 38.0 Å². The molecule has 5 rings (SSSR count). The summed E-state index contributed by atoms with van der Waals surface area (Å²) in [4.78, 5) is 34.4. The lowest BCUT2D eigenvalue weighted by atomic mass is 9.89. The van der Waals surface area contributed by atoms with Gasteiger partial charge in [0.25, 0.3) is 10.0 Å². The van der Waals surface area contributed by atoms with Crippen LogP contribution >= 0.6 is 0 Å². The van der Waals surface area contributed by atoms with Crippen molar-refractivity contribution in [3.63, 3.8) is 0 Å². The molecular formula is C29H21F2N3O4S. The largest absolute Gasteiger partial charge is 0.341 e. The normalized spacial score (nSPS) is 12.3. The minimum atomic E-state index is -3.88. The van der Waals surface area contributed by atoms with Crippen molar-refractivity contribution in [2.75, 3.05) is 4.72 Å². The highest BCUT2D eigenvalue weighted by Gasteiger charge is 2.33. The van der Waals surface area contributed by atoms with E-state index in [9.17, 15) is 26.8 Å². The van der Waals surface area contributed by atoms with Crippen molar-refractivity contribution in [2.24, 2.45) is 0 Å². The van der Waals surface area contributed by atoms with Crippen LogP contribution in [0.25, 0.3) is 11.0 Å². The number of carbonyl (C=O) groups is 2. The summed E-state index contributed by atoms with van der Waals surface area (Å²) in [6, 6.07) is 21.2. The first kappa shape index (κ1) is 25.9. The maximum atomic E-state index is 13.9. The van der Waals surface area contributed by atoms with E-state index in [0.717, 1.165) is 17.7 Å². The summed E-state index contributed by atoms with van der Waals surface area (Å²) in [7, 11) is -3.88. The number of aromatic nitrogens is 2. The van der Waals surface area contributed by atoms with Crippen molar-refractivity contribution in [2.45, 2.75) is 17.7 Å². The molecule has 0 amide bonds. The van der Waals surface area contributed by atoms with E-state index in [4.69, 9.17) is 0 Å². The number of imidazole rings is 1. The molecule has 0 aliphatic rings. The maximum Gasteiger partial charge on any atom is 0.261 e. The number of nitrogens with zero attached hydrogens (tertiary/aromatic N) is 1. The van der Waals surface area contributed by atoms with Gasteiger partial charge in [-0.3, -0.25) is 14.3 Å². The van der Waals surface area contributed by atoms with E-state index in [-0.39, 0.29) is 27.5 Å². The van der Waals surface area contributed by atoms with E-state index in [1.165, 1.54) is 42.5 Å². The Kier molecular flexibility index (Phi) is 6.80. The Hall–Kier alpha value is -4.70. The molecule has 1 atom stereocenters. The average molecular weight is 546 g/mol. The van der Waals surface area contributed by atoms with Crippen molar-refractivity contribution in [3.8, 4) is 0 Å². The molecular weight excluding hydrogens is 524 g/mol. The van der Waals surface area contributed by atoms with Gasteiger partial charge in [0.2, 0.25) is 0 Å². The number of Topliss-reactive ketones (excluding diaryl/α,β-unsaturated/α-hetero) is 2. The second-order valence-electron chi connectivity index (χ2n) is 8.96. The van der Waals surface area contributed by atoms with E-state index >= 15 is 0 Å². The van der Waals surface area contributed by atoms with Crippen LogP contribution in [0, 0.1) is 18.6 Å². The summed E-state index contributed by atoms with van der Waals surface area (Å²) in [5.74, 6) is -4.97. The van der Waals surface area contributed by atoms with Gasteiger partial charge in [0, 0.05) is 17.2 Å². The molecule has 0 radical (unpaired) electrons. The standard InChI is InChI=1S/C29H21F2N3O4S/c1-17-7-10-23(11-8-17)39(37,38)34-22-9-12-24-25(16-22)33-29(32-24)26(27(35)18-5-3-2-4-6-18)28(36)19-13-20(30)15-21(31)14-19/h2-16,26,34H,1H3,(H,32,33). The lowest BCUT2D eigenvalue weighted by Gasteiger charge is -2.13. The SMILES string of the molecule is Cc1ccc(S(=O)(=O)Nc2ccc3nc(C(C(=O)c4ccccc4)C(=O)c4cc(F)cc(F)c4)[nH]c3c2)cc1. The monoisotopic (exact) mass is 545 g/mol. The fraction of sp³-hybridized carbons (Fsp3) is 0.0690. The fourth-order valence-electron chi connectivity index (χ4n) is 4.16. The molecule has 1 heterocycles. The number of benzene rings is 4. The molecule has 5 aromatic rings. The molecule has 0 saturated carbocycles. The zero-order valence-electron chi connectivity index (χ0n) is 20.5. The number of hydrogen-bond acceptors (Lipinski definition) is 5. The Balaban J connectivity index is 1.54. The topological polar surface area (TPSA) is 109 Å². The van der Waals surface area contributed by atoms with E-state index in [1.807, 2.05) is 6.92 Å². The summed E-state index contributed by atoms with van der Waals surface area (Å²) >= 11 is 0. The van der Waals surface area contributed by atoms with E-state index < -0.39 is 39.1 Å². The molecule has 39 heavy (non-hydrogen) atoms. The number of hydrogen-bond donors (Lipinski definition) is 2. The average Bonchev–Trinajstić information content (AvgIpc) is 3.31. The molecule has 0 aliphatic carbocycles. The molecule has 4 aromatic carbocycles. The Bertz CT molecular complexity index is 1800. The second kappa shape index (κ2) is 10.2. The Morgan fingerprint density at radius 3 is 2.13 bits per heavy atom. The van der Waals surface area contributed by atoms with Crippen molar-refractivity contribution < 1.29 is 26.8 Å². The summed E-state index contributed by atoms with van der Waals surface area (Å²) < 4.78 is 56.0. The summed E-state index contributed by atoms with van der Waals surface area (Å²) in [5, 5.41) is 0. The molecule has 1 unspecified atom stereocenters. The number of anilines is 1. The third kappa shape index (κ3) is 5.46. The van der Waals surface area contributed by atoms with Crippen molar-refractivity contribution in [1.29, 1.82) is 0 Å². The number of fused-ring (bicyclic) bond motifs is 1. The Labute approximate surface area is 222 Å². The van der Waals surface area contributed by atoms with Crippen LogP contribution in [0.4, 0.5) is 14.5 Å². The number of aromatic amines is 1. The quantitative estimate of drug-likeness (QED) is 0.189. The van der Waals surface area contributed by atoms with Gasteiger partial charge in [-0.25, -0.2) is 22.2 Å². The number of carbonyl (C=O) groups excluding carboxylic acids is 2. The van der Waals surface area contributed by atoms with Gasteiger partial charge in [-0.05, 0) is 49.4 Å². The summed E-state index contributed by atoms with van der Waals surface area (Å²) in [6.45, 7) is 1.85. The second-order valence-corrected chi connectivity index (χ2v) is 10.6. The molecule has 10 heteroatoms. The number of H-pyrrole nitrogens is 1. The smallest absolute Gasteiger partial charge is 0.261 e. The number of aryl methyl sites for hydroxylation is 1. The van der Waals surface area contributed by atoms with Crippen LogP contribution in [0.15, 0.2) is 95.9 Å². The Morgan fingerprint density at radius 2 is 1.46 bits per heavy atom. The number of ketones is 2. The first-order valence-electron chi connectivity index (χ1n) is 11.8. The van der Waals surface area contributed by atoms with Crippen LogP contribution in [0.2, 0.25) is 0 Å². The van der Waals surface area contributed by atoms with E-state index in [1.54, 1.807) is 30.3 Å². The van der Waals surface area contributed by atoms with Gasteiger partial charge in [-0.15, -0.1) is 0 Å². The maximum absolute atomic E-state index is 13.9. The molecule has 0 fully saturated rings. The van der Waals surface area contributed by atoms with Gasteiger partial charge < -0.3 is 4.98 Å². The van der Waals surface area contributed by atoms with Crippen LogP contribution in [0.5, 0.6) is 0 Å². The lowest BCUT2D eigenvalue weighted by molar-refractivity contribution is 0.0855. The lowest BCUT2D eigenvalue weighted by Crippen LogP contribution is -2.24. The summed E-state index contributed by atoms with van der Waals surface area (Å²) in [5.41, 5.74) is 1.72. The predicted octanol–water partition coefficient (Wildman–Crippen LogP) is 5.80. The van der Waals surface area contributed by atoms with Gasteiger partial charge in [-0.1, -0.05) is 48.0 Å². The van der Waals surface area contributed by atoms with Crippen LogP contribution in [-0.2, 0) is 10.0 Å². The van der Waals surface area contributed by atoms with Crippen LogP contribution < -0.4 is 4.72 Å². The van der Waals surface area contributed by atoms with Crippen molar-refractivity contribution in [3.05, 3.63) is 125 Å². The molecule has 2 N–H and O–H groups in total. The van der Waals surface area contributed by atoms with Crippen LogP contribution in [0.3, 0.4) is 0 Å². The van der Waals surface area contributed by atoms with Gasteiger partial charge in [0.15, 0.2) is 11.6 Å². The van der Waals surface area contributed by atoms with Gasteiger partial charge >= 0.3 is 0 Å². The van der Waals surface area contributed by atoms with Gasteiger partial charge in [-0.2, -0.15) is 0 Å². The first-order chi connectivity index (χ1) is 18.6. The number of halogens is 2. The molecule has 0 saturated heterocycles. The fourth-order valence-corrected chi connectivity index (χ4v) is 5.21. The molecule has 7 nitrogen and oxygen atoms in total. The molecule has 0 bridgehead atoms. The van der Waals surface area contributed by atoms with Crippen LogP contribution in [-0.4, -0.2) is 30.0 Å². The predicted molar refractivity (Wildman–Crippen MR) is 142 cm³/mol. The van der Waals surface area contributed by atoms with E-state index in [2.05, 4.69) is 14.7 Å². The van der Waals surface area contributed by atoms with Gasteiger partial charge in [0.05, 0.1) is 21.6 Å². The van der Waals surface area contributed by atoms with E-state index in [0.29, 0.717) is 17.1 Å².